The minimum absolute atomic E-state index is 0.00596. The largest absolute Gasteiger partial charge is 0.454 e. The van der Waals surface area contributed by atoms with E-state index in [9.17, 15) is 40.3 Å². The summed E-state index contributed by atoms with van der Waals surface area (Å²) in [5.41, 5.74) is 3.17. The smallest absolute Gasteiger partial charge is 0.433 e. The van der Waals surface area contributed by atoms with Gasteiger partial charge in [0.1, 0.15) is 32.5 Å². The van der Waals surface area contributed by atoms with Gasteiger partial charge in [0.25, 0.3) is 24.7 Å². The third kappa shape index (κ3) is 5.86. The van der Waals surface area contributed by atoms with E-state index in [-0.39, 0.29) is 32.1 Å². The number of nitrogens with zero attached hydrogens (tertiary/aromatic N) is 3. The van der Waals surface area contributed by atoms with Crippen molar-refractivity contribution >= 4 is 50.7 Å². The monoisotopic (exact) mass is 659 g/mol. The van der Waals surface area contributed by atoms with Gasteiger partial charge in [-0.15, -0.1) is 11.3 Å². The van der Waals surface area contributed by atoms with Crippen LogP contribution in [0.25, 0.3) is 21.3 Å². The first-order valence-electron chi connectivity index (χ1n) is 12.3. The normalized spacial score (nSPS) is 12.1. The summed E-state index contributed by atoms with van der Waals surface area (Å²) in [6, 6.07) is 9.55. The van der Waals surface area contributed by atoms with Crippen molar-refractivity contribution in [1.82, 2.24) is 14.8 Å². The van der Waals surface area contributed by atoms with Crippen LogP contribution in [0.2, 0.25) is 5.02 Å². The maximum atomic E-state index is 13.7. The number of hydrogen-bond acceptors (Lipinski definition) is 6. The number of pyridine rings is 1. The van der Waals surface area contributed by atoms with Gasteiger partial charge in [-0.05, 0) is 36.2 Å². The fourth-order valence-electron chi connectivity index (χ4n) is 4.35. The molecule has 1 aromatic carbocycles. The number of nitrogens with two attached hydrogens (primary N) is 1. The molecule has 5 rings (SSSR count). The van der Waals surface area contributed by atoms with E-state index in [4.69, 9.17) is 21.8 Å². The van der Waals surface area contributed by atoms with E-state index in [1.54, 1.807) is 31.2 Å². The van der Waals surface area contributed by atoms with E-state index < -0.39 is 65.3 Å². The van der Waals surface area contributed by atoms with E-state index in [2.05, 4.69) is 15.4 Å². The molecule has 4 heterocycles. The number of aryl methyl sites for hydroxylation is 1. The Morgan fingerprint density at radius 2 is 1.77 bits per heavy atom. The number of halogens is 8. The molecular formula is C27H17ClF7N5O3S. The van der Waals surface area contributed by atoms with E-state index >= 15 is 0 Å². The van der Waals surface area contributed by atoms with Crippen LogP contribution < -0.4 is 11.1 Å². The second kappa shape index (κ2) is 11.6. The molecule has 0 spiro atoms. The summed E-state index contributed by atoms with van der Waals surface area (Å²) in [5, 5.41) is 4.97. The van der Waals surface area contributed by atoms with Crippen LogP contribution in [0.5, 0.6) is 0 Å². The number of benzene rings is 1. The molecule has 0 aliphatic rings. The number of aromatic nitrogens is 3. The van der Waals surface area contributed by atoms with Crippen molar-refractivity contribution in [2.75, 3.05) is 5.32 Å². The Morgan fingerprint density at radius 3 is 2.36 bits per heavy atom. The predicted octanol–water partition coefficient (Wildman–Crippen LogP) is 8.01. The van der Waals surface area contributed by atoms with E-state index in [1.807, 2.05) is 0 Å². The van der Waals surface area contributed by atoms with Gasteiger partial charge in [0.15, 0.2) is 5.76 Å². The molecule has 0 fully saturated rings. The summed E-state index contributed by atoms with van der Waals surface area (Å²) < 4.78 is 101. The molecule has 0 aliphatic heterocycles. The van der Waals surface area contributed by atoms with Gasteiger partial charge in [0.05, 0.1) is 17.3 Å². The summed E-state index contributed by atoms with van der Waals surface area (Å²) >= 11 is 6.21. The number of carbonyl (C=O) groups is 2. The Hall–Kier alpha value is -4.44. The van der Waals surface area contributed by atoms with Gasteiger partial charge >= 0.3 is 6.18 Å². The van der Waals surface area contributed by atoms with Gasteiger partial charge < -0.3 is 15.5 Å². The summed E-state index contributed by atoms with van der Waals surface area (Å²) in [7, 11) is 0. The average Bonchev–Trinajstić information content (AvgIpc) is 3.64. The van der Waals surface area contributed by atoms with Gasteiger partial charge in [0.2, 0.25) is 0 Å². The number of amides is 2. The Balaban J connectivity index is 1.55. The molecule has 5 aromatic rings. The second-order valence-electron chi connectivity index (χ2n) is 9.33. The molecule has 0 unspecified atom stereocenters. The number of thiophene rings is 1. The summed E-state index contributed by atoms with van der Waals surface area (Å²) in [6.07, 6.45) is -11.3. The Bertz CT molecular complexity index is 1900. The van der Waals surface area contributed by atoms with Crippen LogP contribution >= 0.6 is 22.9 Å². The highest BCUT2D eigenvalue weighted by molar-refractivity contribution is 7.21. The average molecular weight is 660 g/mol. The fourth-order valence-corrected chi connectivity index (χ4v) is 5.65. The lowest BCUT2D eigenvalue weighted by atomic mass is 10.00. The lowest BCUT2D eigenvalue weighted by Gasteiger charge is -2.12. The molecule has 8 nitrogen and oxygen atoms in total. The Labute approximate surface area is 251 Å². The molecule has 2 amide bonds. The molecule has 17 heteroatoms. The fraction of sp³-hybridized carbons (Fsp3) is 0.185. The van der Waals surface area contributed by atoms with Crippen molar-refractivity contribution < 1.29 is 44.7 Å². The van der Waals surface area contributed by atoms with Crippen molar-refractivity contribution in [3.05, 3.63) is 86.5 Å². The molecule has 230 valence electrons. The molecule has 4 aromatic heterocycles. The van der Waals surface area contributed by atoms with E-state index in [1.165, 1.54) is 6.07 Å². The van der Waals surface area contributed by atoms with Crippen LogP contribution in [-0.4, -0.2) is 26.6 Å². The summed E-state index contributed by atoms with van der Waals surface area (Å²) in [4.78, 5) is 28.7. The zero-order valence-corrected chi connectivity index (χ0v) is 23.6. The maximum absolute atomic E-state index is 13.7. The van der Waals surface area contributed by atoms with Crippen molar-refractivity contribution in [1.29, 1.82) is 0 Å². The van der Waals surface area contributed by atoms with Crippen molar-refractivity contribution in [3.63, 3.8) is 0 Å². The van der Waals surface area contributed by atoms with Crippen LogP contribution in [0.1, 0.15) is 61.5 Å². The standard InChI is InChI=1S/C27H17ClF7N5O3S/c1-10-2-4-11(5-3-10)13-8-15(27(33,34)35)37-26-16(13)18(21(44-26)24(36)41)38-25(42)14-7-6-12(43-14)9-40-20(23(31)32)17(28)19(39-40)22(29)30/h2-8,22-23H,9H2,1H3,(H2,36,41)(H,38,42). The number of anilines is 1. The zero-order chi connectivity index (χ0) is 32.1. The van der Waals surface area contributed by atoms with Gasteiger partial charge in [-0.25, -0.2) is 22.5 Å². The Kier molecular flexibility index (Phi) is 8.15. The highest BCUT2D eigenvalue weighted by atomic mass is 35.5. The minimum atomic E-state index is -4.84. The number of primary amides is 1. The molecular weight excluding hydrogens is 643 g/mol. The first kappa shape index (κ1) is 31.0. The second-order valence-corrected chi connectivity index (χ2v) is 10.7. The topological polar surface area (TPSA) is 116 Å². The van der Waals surface area contributed by atoms with Gasteiger partial charge in [0, 0.05) is 5.39 Å². The number of carbonyl (C=O) groups excluding carboxylic acids is 2. The number of fused-ring (bicyclic) bond motifs is 1. The molecule has 44 heavy (non-hydrogen) atoms. The van der Waals surface area contributed by atoms with Gasteiger partial charge in [-0.2, -0.15) is 18.3 Å². The first-order chi connectivity index (χ1) is 20.6. The van der Waals surface area contributed by atoms with Crippen LogP contribution in [0.15, 0.2) is 46.9 Å². The number of furan rings is 1. The minimum Gasteiger partial charge on any atom is -0.454 e. The molecule has 0 radical (unpaired) electrons. The third-order valence-electron chi connectivity index (χ3n) is 6.34. The highest BCUT2D eigenvalue weighted by Crippen LogP contribution is 2.44. The van der Waals surface area contributed by atoms with Gasteiger partial charge in [-0.3, -0.25) is 14.3 Å². The third-order valence-corrected chi connectivity index (χ3v) is 7.82. The molecule has 3 N–H and O–H groups in total. The van der Waals surface area contributed by atoms with Crippen LogP contribution in [0.3, 0.4) is 0 Å². The number of hydrogen-bond donors (Lipinski definition) is 2. The number of nitrogens with one attached hydrogen (secondary N) is 1. The molecule has 0 atom stereocenters. The van der Waals surface area contributed by atoms with E-state index in [0.29, 0.717) is 21.6 Å². The lowest BCUT2D eigenvalue weighted by Crippen LogP contribution is -2.16. The van der Waals surface area contributed by atoms with Crippen molar-refractivity contribution in [2.24, 2.45) is 5.73 Å². The zero-order valence-electron chi connectivity index (χ0n) is 22.0. The van der Waals surface area contributed by atoms with E-state index in [0.717, 1.165) is 17.7 Å². The number of rotatable bonds is 8. The SMILES string of the molecule is Cc1ccc(-c2cc(C(F)(F)F)nc3sc(C(N)=O)c(NC(=O)c4ccc(Cn5nc(C(F)F)c(Cl)c5C(F)F)o4)c23)cc1. The van der Waals surface area contributed by atoms with Crippen molar-refractivity contribution in [3.8, 4) is 11.1 Å². The quantitative estimate of drug-likeness (QED) is 0.164. The van der Waals surface area contributed by atoms with Gasteiger partial charge in [-0.1, -0.05) is 41.4 Å². The highest BCUT2D eigenvalue weighted by Gasteiger charge is 2.35. The van der Waals surface area contributed by atoms with Crippen LogP contribution in [0, 0.1) is 6.92 Å². The first-order valence-corrected chi connectivity index (χ1v) is 13.5. The van der Waals surface area contributed by atoms with Crippen LogP contribution in [-0.2, 0) is 12.7 Å². The predicted molar refractivity (Wildman–Crippen MR) is 146 cm³/mol. The Morgan fingerprint density at radius 1 is 1.09 bits per heavy atom. The molecule has 0 saturated carbocycles. The summed E-state index contributed by atoms with van der Waals surface area (Å²) in [5.74, 6) is -2.62. The molecule has 0 bridgehead atoms. The summed E-state index contributed by atoms with van der Waals surface area (Å²) in [6.45, 7) is 1.17. The molecule has 0 aliphatic carbocycles. The maximum Gasteiger partial charge on any atom is 0.433 e. The number of alkyl halides is 7. The van der Waals surface area contributed by atoms with Crippen molar-refractivity contribution in [2.45, 2.75) is 32.5 Å². The van der Waals surface area contributed by atoms with Crippen LogP contribution in [0.4, 0.5) is 36.4 Å². The molecule has 0 saturated heterocycles. The lowest BCUT2D eigenvalue weighted by molar-refractivity contribution is -0.140.